The summed E-state index contributed by atoms with van der Waals surface area (Å²) in [5, 5.41) is 1.27. The van der Waals surface area contributed by atoms with Crippen molar-refractivity contribution >= 4 is 23.6 Å². The van der Waals surface area contributed by atoms with Gasteiger partial charge in [-0.3, -0.25) is 4.79 Å². The van der Waals surface area contributed by atoms with Gasteiger partial charge in [0.1, 0.15) is 6.04 Å². The van der Waals surface area contributed by atoms with Gasteiger partial charge in [-0.1, -0.05) is 26.2 Å². The molecule has 0 aliphatic rings. The molecule has 0 radical (unpaired) electrons. The van der Waals surface area contributed by atoms with E-state index in [1.165, 1.54) is 5.32 Å². The van der Waals surface area contributed by atoms with Gasteiger partial charge >= 0.3 is 24.0 Å². The summed E-state index contributed by atoms with van der Waals surface area (Å²) in [4.78, 5) is 23.3. The molecule has 0 rings (SSSR count). The molecule has 0 aliphatic carbocycles. The summed E-state index contributed by atoms with van der Waals surface area (Å²) in [6.45, 7) is 1.86. The van der Waals surface area contributed by atoms with Crippen LogP contribution in [0, 0.1) is 0 Å². The fraction of sp³-hybridized carbons (Fsp3) is 0.867. The van der Waals surface area contributed by atoms with Crippen molar-refractivity contribution < 1.29 is 45.1 Å². The summed E-state index contributed by atoms with van der Waals surface area (Å²) in [6.07, 6.45) is -2.36. The third-order valence-electron chi connectivity index (χ3n) is 3.48. The van der Waals surface area contributed by atoms with Crippen LogP contribution in [0.2, 0.25) is 0 Å². The standard InChI is InChI=1S/C15H22F7NO3S/c1-3-4-5-6-8-26-11(24)10(7-9-27-2)23-12(25)13(16,17)14(18,19)15(20,21)22/h10H,3-9H2,1-2H3,(H,23,25). The Morgan fingerprint density at radius 3 is 2.11 bits per heavy atom. The normalized spacial score (nSPS) is 14.0. The molecule has 27 heavy (non-hydrogen) atoms. The van der Waals surface area contributed by atoms with Crippen LogP contribution < -0.4 is 5.32 Å². The number of alkyl halides is 7. The van der Waals surface area contributed by atoms with Crippen LogP contribution in [0.15, 0.2) is 0 Å². The number of esters is 1. The number of hydrogen-bond acceptors (Lipinski definition) is 4. The van der Waals surface area contributed by atoms with E-state index in [1.54, 1.807) is 6.26 Å². The van der Waals surface area contributed by atoms with E-state index in [4.69, 9.17) is 4.74 Å². The number of rotatable bonds is 12. The Balaban J connectivity index is 5.06. The molecule has 12 heteroatoms. The third kappa shape index (κ3) is 7.38. The quantitative estimate of drug-likeness (QED) is 0.287. The number of nitrogens with one attached hydrogen (secondary N) is 1. The van der Waals surface area contributed by atoms with Crippen LogP contribution in [-0.4, -0.2) is 54.6 Å². The maximum absolute atomic E-state index is 13.4. The number of carbonyl (C=O) groups excluding carboxylic acids is 2. The van der Waals surface area contributed by atoms with Gasteiger partial charge in [0.2, 0.25) is 0 Å². The van der Waals surface area contributed by atoms with Gasteiger partial charge in [0.05, 0.1) is 6.61 Å². The average molecular weight is 429 g/mol. The zero-order chi connectivity index (χ0) is 21.3. The average Bonchev–Trinajstić information content (AvgIpc) is 2.56. The third-order valence-corrected chi connectivity index (χ3v) is 4.12. The van der Waals surface area contributed by atoms with E-state index in [-0.39, 0.29) is 18.8 Å². The van der Waals surface area contributed by atoms with Crippen LogP contribution in [0.25, 0.3) is 0 Å². The van der Waals surface area contributed by atoms with Gasteiger partial charge < -0.3 is 10.1 Å². The zero-order valence-corrected chi connectivity index (χ0v) is 15.6. The van der Waals surface area contributed by atoms with Gasteiger partial charge in [0.15, 0.2) is 0 Å². The Hall–Kier alpha value is -1.20. The minimum atomic E-state index is -6.64. The first-order valence-electron chi connectivity index (χ1n) is 8.11. The molecule has 0 bridgehead atoms. The Morgan fingerprint density at radius 2 is 1.63 bits per heavy atom. The van der Waals surface area contributed by atoms with Crippen molar-refractivity contribution in [3.63, 3.8) is 0 Å². The molecule has 1 unspecified atom stereocenters. The fourth-order valence-corrected chi connectivity index (χ4v) is 2.33. The van der Waals surface area contributed by atoms with Crippen molar-refractivity contribution in [2.75, 3.05) is 18.6 Å². The molecule has 0 aliphatic heterocycles. The predicted octanol–water partition coefficient (Wildman–Crippen LogP) is 4.18. The highest BCUT2D eigenvalue weighted by Crippen LogP contribution is 2.46. The highest BCUT2D eigenvalue weighted by atomic mass is 32.2. The second-order valence-electron chi connectivity index (χ2n) is 5.68. The summed E-state index contributed by atoms with van der Waals surface area (Å²) in [5.41, 5.74) is 0. The molecule has 0 aromatic heterocycles. The molecule has 1 amide bonds. The topological polar surface area (TPSA) is 55.4 Å². The van der Waals surface area contributed by atoms with Crippen LogP contribution in [-0.2, 0) is 14.3 Å². The minimum absolute atomic E-state index is 0.0838. The van der Waals surface area contributed by atoms with E-state index < -0.39 is 35.9 Å². The lowest BCUT2D eigenvalue weighted by molar-refractivity contribution is -0.344. The highest BCUT2D eigenvalue weighted by molar-refractivity contribution is 7.98. The number of carbonyl (C=O) groups is 2. The van der Waals surface area contributed by atoms with E-state index >= 15 is 0 Å². The number of hydrogen-bond donors (Lipinski definition) is 1. The first-order valence-corrected chi connectivity index (χ1v) is 9.51. The molecule has 0 saturated carbocycles. The summed E-state index contributed by atoms with van der Waals surface area (Å²) in [5.74, 6) is -16.6. The zero-order valence-electron chi connectivity index (χ0n) is 14.8. The summed E-state index contributed by atoms with van der Waals surface area (Å²) in [6, 6.07) is -1.76. The van der Waals surface area contributed by atoms with Crippen molar-refractivity contribution in [1.82, 2.24) is 5.32 Å². The molecule has 0 saturated heterocycles. The van der Waals surface area contributed by atoms with Gasteiger partial charge in [-0.2, -0.15) is 42.5 Å². The first-order chi connectivity index (χ1) is 12.3. The van der Waals surface area contributed by atoms with E-state index in [2.05, 4.69) is 0 Å². The van der Waals surface area contributed by atoms with Crippen molar-refractivity contribution in [1.29, 1.82) is 0 Å². The lowest BCUT2D eigenvalue weighted by Gasteiger charge is -2.28. The van der Waals surface area contributed by atoms with Crippen molar-refractivity contribution in [2.24, 2.45) is 0 Å². The largest absolute Gasteiger partial charge is 0.464 e. The molecule has 160 valence electrons. The fourth-order valence-electron chi connectivity index (χ4n) is 1.86. The molecular weight excluding hydrogens is 407 g/mol. The lowest BCUT2D eigenvalue weighted by Crippen LogP contribution is -2.61. The van der Waals surface area contributed by atoms with Gasteiger partial charge in [0, 0.05) is 0 Å². The minimum Gasteiger partial charge on any atom is -0.464 e. The Kier molecular flexibility index (Phi) is 10.5. The van der Waals surface area contributed by atoms with Crippen LogP contribution in [0.4, 0.5) is 30.7 Å². The molecule has 0 aromatic rings. The van der Waals surface area contributed by atoms with E-state index in [0.29, 0.717) is 6.42 Å². The SMILES string of the molecule is CCCCCCOC(=O)C(CCSC)NC(=O)C(F)(F)C(F)(F)C(F)(F)F. The Bertz CT molecular complexity index is 487. The number of unbranched alkanes of at least 4 members (excludes halogenated alkanes) is 3. The molecule has 4 nitrogen and oxygen atoms in total. The van der Waals surface area contributed by atoms with Crippen molar-refractivity contribution in [3.8, 4) is 0 Å². The monoisotopic (exact) mass is 429 g/mol. The van der Waals surface area contributed by atoms with Crippen LogP contribution >= 0.6 is 11.8 Å². The van der Waals surface area contributed by atoms with E-state index in [1.807, 2.05) is 6.92 Å². The Morgan fingerprint density at radius 1 is 1.04 bits per heavy atom. The maximum Gasteiger partial charge on any atom is 0.460 e. The van der Waals surface area contributed by atoms with Crippen LogP contribution in [0.5, 0.6) is 0 Å². The van der Waals surface area contributed by atoms with Gasteiger partial charge in [-0.15, -0.1) is 0 Å². The lowest BCUT2D eigenvalue weighted by atomic mass is 10.1. The second-order valence-corrected chi connectivity index (χ2v) is 6.67. The molecule has 1 atom stereocenters. The summed E-state index contributed by atoms with van der Waals surface area (Å²) in [7, 11) is 0. The second kappa shape index (κ2) is 11.0. The van der Waals surface area contributed by atoms with Crippen LogP contribution in [0.3, 0.4) is 0 Å². The number of ether oxygens (including phenoxy) is 1. The molecule has 0 fully saturated rings. The number of amides is 1. The predicted molar refractivity (Wildman–Crippen MR) is 86.0 cm³/mol. The van der Waals surface area contributed by atoms with E-state index in [9.17, 15) is 40.3 Å². The van der Waals surface area contributed by atoms with Gasteiger partial charge in [-0.05, 0) is 24.9 Å². The highest BCUT2D eigenvalue weighted by Gasteiger charge is 2.76. The molecule has 1 N–H and O–H groups in total. The molecule has 0 spiro atoms. The van der Waals surface area contributed by atoms with Crippen molar-refractivity contribution in [2.45, 2.75) is 63.1 Å². The molecular formula is C15H22F7NO3S. The first kappa shape index (κ1) is 25.8. The van der Waals surface area contributed by atoms with Crippen molar-refractivity contribution in [3.05, 3.63) is 0 Å². The maximum atomic E-state index is 13.4. The number of halogens is 7. The van der Waals surface area contributed by atoms with E-state index in [0.717, 1.165) is 31.0 Å². The van der Waals surface area contributed by atoms with Crippen LogP contribution in [0.1, 0.15) is 39.0 Å². The summed E-state index contributed by atoms with van der Waals surface area (Å²) >= 11 is 1.15. The number of thioether (sulfide) groups is 1. The summed E-state index contributed by atoms with van der Waals surface area (Å²) < 4.78 is 93.9. The molecule has 0 aromatic carbocycles. The van der Waals surface area contributed by atoms with Gasteiger partial charge in [-0.25, -0.2) is 4.79 Å². The molecule has 0 heterocycles. The van der Waals surface area contributed by atoms with Gasteiger partial charge in [0.25, 0.3) is 5.91 Å². The smallest absolute Gasteiger partial charge is 0.460 e. The Labute approximate surface area is 156 Å².